The third-order valence-corrected chi connectivity index (χ3v) is 6.98. The number of fused-ring (bicyclic) bond motifs is 1. The summed E-state index contributed by atoms with van der Waals surface area (Å²) in [5.74, 6) is -0.907. The van der Waals surface area contributed by atoms with Crippen LogP contribution in [0, 0.1) is 32.4 Å². The first-order valence-corrected chi connectivity index (χ1v) is 15.2. The third kappa shape index (κ3) is 7.32. The van der Waals surface area contributed by atoms with Gasteiger partial charge in [0.15, 0.2) is 17.4 Å². The van der Waals surface area contributed by atoms with Crippen molar-refractivity contribution >= 4 is 28.5 Å². The van der Waals surface area contributed by atoms with Crippen molar-refractivity contribution in [2.75, 3.05) is 18.1 Å². The lowest BCUT2D eigenvalue weighted by atomic mass is 10.1. The first-order chi connectivity index (χ1) is 22.4. The summed E-state index contributed by atoms with van der Waals surface area (Å²) in [5.41, 5.74) is 1.80. The van der Waals surface area contributed by atoms with Crippen molar-refractivity contribution in [2.24, 2.45) is 0 Å². The number of carbonyl (C=O) groups is 1. The number of aromatic nitrogens is 5. The van der Waals surface area contributed by atoms with E-state index in [1.165, 1.54) is 15.8 Å². The van der Waals surface area contributed by atoms with Crippen LogP contribution in [0.4, 0.5) is 25.1 Å². The van der Waals surface area contributed by atoms with E-state index in [0.717, 1.165) is 12.1 Å². The zero-order valence-corrected chi connectivity index (χ0v) is 27.3. The molecule has 0 aliphatic rings. The third-order valence-electron chi connectivity index (χ3n) is 6.98. The summed E-state index contributed by atoms with van der Waals surface area (Å²) in [5, 5.41) is 5.36. The van der Waals surface area contributed by atoms with Gasteiger partial charge in [-0.05, 0) is 72.6 Å². The van der Waals surface area contributed by atoms with Crippen molar-refractivity contribution in [3.8, 4) is 23.0 Å². The number of anilines is 2. The van der Waals surface area contributed by atoms with E-state index in [1.807, 2.05) is 26.0 Å². The van der Waals surface area contributed by atoms with Gasteiger partial charge in [-0.2, -0.15) is 5.10 Å². The van der Waals surface area contributed by atoms with Gasteiger partial charge in [0.2, 0.25) is 0 Å². The molecule has 0 atom stereocenters. The molecule has 0 spiro atoms. The lowest BCUT2D eigenvalue weighted by Gasteiger charge is -2.29. The number of carbonyl (C=O) groups excluding carboxylic acids is 1. The van der Waals surface area contributed by atoms with Crippen LogP contribution in [0.1, 0.15) is 50.9 Å². The largest absolute Gasteiger partial charge is 0.494 e. The molecule has 10 nitrogen and oxygen atoms in total. The SMILES string of the molecule is [CH2]CCOc1cnc(-c2nn(Cc3c(F)cc(OCC)cc3F)c3ccccc23)nc1N(C(=O)OC(C)(C)C)c1cc(C)ncc1C. The highest BCUT2D eigenvalue weighted by atomic mass is 19.1. The summed E-state index contributed by atoms with van der Waals surface area (Å²) in [4.78, 5) is 29.0. The molecule has 0 unspecified atom stereocenters. The van der Waals surface area contributed by atoms with E-state index in [0.29, 0.717) is 40.0 Å². The van der Waals surface area contributed by atoms with Gasteiger partial charge in [0.05, 0.1) is 37.2 Å². The fourth-order valence-corrected chi connectivity index (χ4v) is 4.92. The predicted octanol–water partition coefficient (Wildman–Crippen LogP) is 7.91. The van der Waals surface area contributed by atoms with Gasteiger partial charge in [0.25, 0.3) is 0 Å². The molecular weight excluding hydrogens is 606 g/mol. The van der Waals surface area contributed by atoms with Gasteiger partial charge in [-0.25, -0.2) is 28.4 Å². The number of benzene rings is 2. The molecule has 3 heterocycles. The van der Waals surface area contributed by atoms with Crippen molar-refractivity contribution < 1.29 is 27.8 Å². The molecule has 1 radical (unpaired) electrons. The van der Waals surface area contributed by atoms with E-state index in [-0.39, 0.29) is 48.5 Å². The highest BCUT2D eigenvalue weighted by molar-refractivity contribution is 5.98. The van der Waals surface area contributed by atoms with E-state index in [2.05, 4.69) is 16.9 Å². The lowest BCUT2D eigenvalue weighted by Crippen LogP contribution is -2.35. The smallest absolute Gasteiger partial charge is 0.420 e. The van der Waals surface area contributed by atoms with Crippen LogP contribution in [0.15, 0.2) is 54.9 Å². The molecule has 0 saturated carbocycles. The van der Waals surface area contributed by atoms with Gasteiger partial charge in [-0.1, -0.05) is 18.2 Å². The van der Waals surface area contributed by atoms with E-state index in [9.17, 15) is 4.79 Å². The van der Waals surface area contributed by atoms with Crippen molar-refractivity contribution in [3.05, 3.63) is 90.2 Å². The van der Waals surface area contributed by atoms with E-state index in [1.54, 1.807) is 52.1 Å². The molecule has 3 aromatic heterocycles. The minimum atomic E-state index is -0.823. The second-order valence-corrected chi connectivity index (χ2v) is 11.8. The molecule has 47 heavy (non-hydrogen) atoms. The molecule has 0 aliphatic heterocycles. The second-order valence-electron chi connectivity index (χ2n) is 11.8. The standard InChI is InChI=1S/C35H37F2N6O4/c1-8-14-46-30-19-39-32(40-33(30)43(34(44)47-35(5,6)7)29-15-22(4)38-18-21(29)3)31-24-12-10-11-13-28(24)42(41-31)20-25-26(36)16-23(45-9-2)17-27(25)37/h10-13,15-19H,1,8-9,14,20H2,2-7H3. The van der Waals surface area contributed by atoms with Crippen LogP contribution in [0.25, 0.3) is 22.4 Å². The van der Waals surface area contributed by atoms with Crippen molar-refractivity contribution in [2.45, 2.75) is 60.1 Å². The molecule has 0 N–H and O–H groups in total. The highest BCUT2D eigenvalue weighted by Gasteiger charge is 2.31. The average Bonchev–Trinajstić information content (AvgIpc) is 3.38. The summed E-state index contributed by atoms with van der Waals surface area (Å²) in [7, 11) is 0. The van der Waals surface area contributed by atoms with Crippen LogP contribution in [0.5, 0.6) is 11.5 Å². The molecule has 245 valence electrons. The summed E-state index contributed by atoms with van der Waals surface area (Å²) in [6, 6.07) is 11.3. The molecule has 5 rings (SSSR count). The Kier molecular flexibility index (Phi) is 9.69. The maximum absolute atomic E-state index is 15.1. The molecule has 0 saturated heterocycles. The van der Waals surface area contributed by atoms with E-state index >= 15 is 8.78 Å². The topological polar surface area (TPSA) is 104 Å². The number of hydrogen-bond acceptors (Lipinski definition) is 8. The summed E-state index contributed by atoms with van der Waals surface area (Å²) >= 11 is 0. The van der Waals surface area contributed by atoms with Crippen LogP contribution in [-0.4, -0.2) is 49.6 Å². The van der Waals surface area contributed by atoms with Gasteiger partial charge >= 0.3 is 6.09 Å². The van der Waals surface area contributed by atoms with Crippen LogP contribution in [0.3, 0.4) is 0 Å². The number of rotatable bonds is 10. The van der Waals surface area contributed by atoms with Crippen molar-refractivity contribution in [1.29, 1.82) is 0 Å². The van der Waals surface area contributed by atoms with Crippen LogP contribution < -0.4 is 14.4 Å². The molecule has 2 aromatic carbocycles. The summed E-state index contributed by atoms with van der Waals surface area (Å²) in [6.07, 6.45) is 2.89. The number of nitrogens with zero attached hydrogens (tertiary/aromatic N) is 6. The monoisotopic (exact) mass is 643 g/mol. The zero-order valence-electron chi connectivity index (χ0n) is 27.3. The van der Waals surface area contributed by atoms with Gasteiger partial charge in [-0.15, -0.1) is 0 Å². The fraction of sp³-hybridized carbons (Fsp3) is 0.314. The Balaban J connectivity index is 1.68. The van der Waals surface area contributed by atoms with Crippen LogP contribution >= 0.6 is 0 Å². The number of halogens is 2. The lowest BCUT2D eigenvalue weighted by molar-refractivity contribution is 0.0597. The van der Waals surface area contributed by atoms with Gasteiger partial charge in [-0.3, -0.25) is 9.67 Å². The molecular formula is C35H37F2N6O4. The molecule has 12 heteroatoms. The quantitative estimate of drug-likeness (QED) is 0.151. The molecule has 0 aliphatic carbocycles. The average molecular weight is 644 g/mol. The minimum absolute atomic E-state index is 0.105. The number of hydrogen-bond donors (Lipinski definition) is 0. The first kappa shape index (κ1) is 33.2. The normalized spacial score (nSPS) is 11.5. The number of para-hydroxylation sites is 1. The highest BCUT2D eigenvalue weighted by Crippen LogP contribution is 2.38. The Bertz CT molecular complexity index is 1900. The van der Waals surface area contributed by atoms with Crippen molar-refractivity contribution in [3.63, 3.8) is 0 Å². The summed E-state index contributed by atoms with van der Waals surface area (Å²) in [6.45, 7) is 14.9. The maximum Gasteiger partial charge on any atom is 0.420 e. The predicted molar refractivity (Wildman–Crippen MR) is 175 cm³/mol. The van der Waals surface area contributed by atoms with Gasteiger partial charge in [0, 0.05) is 35.0 Å². The Morgan fingerprint density at radius 2 is 1.74 bits per heavy atom. The number of amides is 1. The van der Waals surface area contributed by atoms with Crippen molar-refractivity contribution in [1.82, 2.24) is 24.7 Å². The van der Waals surface area contributed by atoms with E-state index < -0.39 is 23.3 Å². The number of ether oxygens (including phenoxy) is 3. The maximum atomic E-state index is 15.1. The Morgan fingerprint density at radius 3 is 2.43 bits per heavy atom. The molecule has 0 fully saturated rings. The second kappa shape index (κ2) is 13.7. The zero-order chi connectivity index (χ0) is 33.9. The van der Waals surface area contributed by atoms with Crippen LogP contribution in [-0.2, 0) is 11.3 Å². The summed E-state index contributed by atoms with van der Waals surface area (Å²) < 4.78 is 48.8. The fourth-order valence-electron chi connectivity index (χ4n) is 4.92. The molecule has 1 amide bonds. The van der Waals surface area contributed by atoms with Gasteiger partial charge < -0.3 is 14.2 Å². The Morgan fingerprint density at radius 1 is 1.02 bits per heavy atom. The number of aryl methyl sites for hydroxylation is 2. The minimum Gasteiger partial charge on any atom is -0.494 e. The first-order valence-electron chi connectivity index (χ1n) is 15.2. The van der Waals surface area contributed by atoms with E-state index in [4.69, 9.17) is 24.3 Å². The van der Waals surface area contributed by atoms with Gasteiger partial charge in [0.1, 0.15) is 28.7 Å². The van der Waals surface area contributed by atoms with Crippen LogP contribution in [0.2, 0.25) is 0 Å². The molecule has 0 bridgehead atoms. The molecule has 5 aromatic rings. The number of pyridine rings is 1. The Hall–Kier alpha value is -5.13. The Labute approximate surface area is 272 Å².